The summed E-state index contributed by atoms with van der Waals surface area (Å²) in [5.41, 5.74) is 2.69. The van der Waals surface area contributed by atoms with Crippen molar-refractivity contribution in [3.05, 3.63) is 29.3 Å². The van der Waals surface area contributed by atoms with Crippen molar-refractivity contribution in [1.82, 2.24) is 5.32 Å². The van der Waals surface area contributed by atoms with Gasteiger partial charge in [0.25, 0.3) is 0 Å². The van der Waals surface area contributed by atoms with Crippen LogP contribution in [0.15, 0.2) is 18.2 Å². The Balaban J connectivity index is 1.74. The molecule has 1 fully saturated rings. The summed E-state index contributed by atoms with van der Waals surface area (Å²) in [7, 11) is 0. The van der Waals surface area contributed by atoms with E-state index in [2.05, 4.69) is 18.3 Å². The second-order valence-electron chi connectivity index (χ2n) is 5.90. The van der Waals surface area contributed by atoms with E-state index in [0.29, 0.717) is 23.9 Å². The van der Waals surface area contributed by atoms with Gasteiger partial charge in [-0.3, -0.25) is 0 Å². The molecule has 1 saturated heterocycles. The van der Waals surface area contributed by atoms with Crippen LogP contribution in [0.1, 0.15) is 49.8 Å². The van der Waals surface area contributed by atoms with Crippen LogP contribution in [0.25, 0.3) is 0 Å². The van der Waals surface area contributed by atoms with Gasteiger partial charge < -0.3 is 15.2 Å². The predicted molar refractivity (Wildman–Crippen MR) is 75.4 cm³/mol. The van der Waals surface area contributed by atoms with Crippen LogP contribution in [-0.2, 0) is 11.2 Å². The number of phenols is 1. The van der Waals surface area contributed by atoms with Gasteiger partial charge in [-0.15, -0.1) is 0 Å². The van der Waals surface area contributed by atoms with Gasteiger partial charge in [0.05, 0.1) is 6.10 Å². The molecule has 2 aliphatic rings. The normalized spacial score (nSPS) is 30.9. The van der Waals surface area contributed by atoms with E-state index in [1.54, 1.807) is 6.07 Å². The number of rotatable bonds is 2. The summed E-state index contributed by atoms with van der Waals surface area (Å²) < 4.78 is 5.61. The van der Waals surface area contributed by atoms with E-state index in [9.17, 15) is 5.11 Å². The number of aromatic hydroxyl groups is 1. The van der Waals surface area contributed by atoms with Crippen molar-refractivity contribution in [2.24, 2.45) is 0 Å². The Kier molecular flexibility index (Phi) is 3.76. The minimum absolute atomic E-state index is 0.360. The molecule has 1 heterocycles. The Bertz CT molecular complexity index is 446. The number of hydrogen-bond acceptors (Lipinski definition) is 3. The molecule has 1 aromatic rings. The maximum absolute atomic E-state index is 9.71. The van der Waals surface area contributed by atoms with Crippen molar-refractivity contribution in [3.8, 4) is 5.75 Å². The van der Waals surface area contributed by atoms with Crippen LogP contribution in [0.5, 0.6) is 5.75 Å². The van der Waals surface area contributed by atoms with Gasteiger partial charge >= 0.3 is 0 Å². The van der Waals surface area contributed by atoms with Gasteiger partial charge in [-0.2, -0.15) is 0 Å². The molecule has 1 aromatic carbocycles. The van der Waals surface area contributed by atoms with Gasteiger partial charge in [-0.1, -0.05) is 6.07 Å². The summed E-state index contributed by atoms with van der Waals surface area (Å²) in [6.07, 6.45) is 6.08. The second kappa shape index (κ2) is 5.51. The number of phenolic OH excluding ortho intramolecular Hbond substituents is 1. The monoisotopic (exact) mass is 261 g/mol. The fourth-order valence-corrected chi connectivity index (χ4v) is 3.39. The molecule has 3 unspecified atom stereocenters. The SMILES string of the molecule is CC1CC(NC2CCCc3ccc(O)cc32)CCO1. The van der Waals surface area contributed by atoms with E-state index in [1.165, 1.54) is 24.0 Å². The number of ether oxygens (including phenoxy) is 1. The zero-order valence-corrected chi connectivity index (χ0v) is 11.6. The lowest BCUT2D eigenvalue weighted by Crippen LogP contribution is -2.40. The molecule has 104 valence electrons. The van der Waals surface area contributed by atoms with Crippen LogP contribution >= 0.6 is 0 Å². The molecule has 0 amide bonds. The maximum atomic E-state index is 9.71. The number of aryl methyl sites for hydroxylation is 1. The van der Waals surface area contributed by atoms with Crippen molar-refractivity contribution in [2.45, 2.75) is 57.2 Å². The van der Waals surface area contributed by atoms with Gasteiger partial charge in [0.15, 0.2) is 0 Å². The molecule has 3 heteroatoms. The van der Waals surface area contributed by atoms with Crippen molar-refractivity contribution in [1.29, 1.82) is 0 Å². The van der Waals surface area contributed by atoms with Crippen LogP contribution in [0, 0.1) is 0 Å². The number of benzene rings is 1. The first-order valence-corrected chi connectivity index (χ1v) is 7.42. The molecule has 0 spiro atoms. The fourth-order valence-electron chi connectivity index (χ4n) is 3.39. The maximum Gasteiger partial charge on any atom is 0.115 e. The van der Waals surface area contributed by atoms with E-state index in [4.69, 9.17) is 4.74 Å². The van der Waals surface area contributed by atoms with E-state index < -0.39 is 0 Å². The molecule has 0 saturated carbocycles. The van der Waals surface area contributed by atoms with Gasteiger partial charge in [0.2, 0.25) is 0 Å². The number of nitrogens with one attached hydrogen (secondary N) is 1. The minimum atomic E-state index is 0.360. The largest absolute Gasteiger partial charge is 0.508 e. The minimum Gasteiger partial charge on any atom is -0.508 e. The molecule has 3 rings (SSSR count). The molecule has 2 N–H and O–H groups in total. The van der Waals surface area contributed by atoms with Crippen molar-refractivity contribution in [3.63, 3.8) is 0 Å². The van der Waals surface area contributed by atoms with Crippen LogP contribution in [0.2, 0.25) is 0 Å². The highest BCUT2D eigenvalue weighted by atomic mass is 16.5. The quantitative estimate of drug-likeness (QED) is 0.860. The van der Waals surface area contributed by atoms with Crippen LogP contribution in [-0.4, -0.2) is 23.9 Å². The summed E-state index contributed by atoms with van der Waals surface area (Å²) in [5, 5.41) is 13.5. The standard InChI is InChI=1S/C16H23NO2/c1-11-9-13(7-8-19-11)17-16-4-2-3-12-5-6-14(18)10-15(12)16/h5-6,10-11,13,16-18H,2-4,7-9H2,1H3. The lowest BCUT2D eigenvalue weighted by molar-refractivity contribution is 0.0108. The highest BCUT2D eigenvalue weighted by Crippen LogP contribution is 2.33. The first kappa shape index (κ1) is 12.9. The zero-order chi connectivity index (χ0) is 13.2. The number of fused-ring (bicyclic) bond motifs is 1. The number of hydrogen-bond donors (Lipinski definition) is 2. The molecule has 0 radical (unpaired) electrons. The first-order chi connectivity index (χ1) is 9.22. The third kappa shape index (κ3) is 2.93. The van der Waals surface area contributed by atoms with Crippen molar-refractivity contribution < 1.29 is 9.84 Å². The Morgan fingerprint density at radius 3 is 3.05 bits per heavy atom. The first-order valence-electron chi connectivity index (χ1n) is 7.42. The Morgan fingerprint density at radius 2 is 2.21 bits per heavy atom. The summed E-state index contributed by atoms with van der Waals surface area (Å²) in [5.74, 6) is 0.382. The van der Waals surface area contributed by atoms with Gasteiger partial charge in [0.1, 0.15) is 5.75 Å². The van der Waals surface area contributed by atoms with Crippen molar-refractivity contribution in [2.75, 3.05) is 6.61 Å². The third-order valence-electron chi connectivity index (χ3n) is 4.37. The topological polar surface area (TPSA) is 41.5 Å². The summed E-state index contributed by atoms with van der Waals surface area (Å²) in [6, 6.07) is 6.76. The van der Waals surface area contributed by atoms with E-state index in [-0.39, 0.29) is 0 Å². The Labute approximate surface area is 115 Å². The average molecular weight is 261 g/mol. The van der Waals surface area contributed by atoms with Crippen molar-refractivity contribution >= 4 is 0 Å². The Morgan fingerprint density at radius 1 is 1.32 bits per heavy atom. The van der Waals surface area contributed by atoms with E-state index in [1.807, 2.05) is 6.07 Å². The molecule has 0 bridgehead atoms. The molecule has 0 aromatic heterocycles. The lowest BCUT2D eigenvalue weighted by Gasteiger charge is -2.34. The van der Waals surface area contributed by atoms with Crippen LogP contribution < -0.4 is 5.32 Å². The fraction of sp³-hybridized carbons (Fsp3) is 0.625. The molecular formula is C16H23NO2. The summed E-state index contributed by atoms with van der Waals surface area (Å²) in [4.78, 5) is 0. The highest BCUT2D eigenvalue weighted by molar-refractivity contribution is 5.38. The second-order valence-corrected chi connectivity index (χ2v) is 5.90. The van der Waals surface area contributed by atoms with E-state index in [0.717, 1.165) is 25.9 Å². The van der Waals surface area contributed by atoms with Gasteiger partial charge in [-0.05, 0) is 62.3 Å². The highest BCUT2D eigenvalue weighted by Gasteiger charge is 2.26. The Hall–Kier alpha value is -1.06. The molecule has 3 atom stereocenters. The molecule has 19 heavy (non-hydrogen) atoms. The molecule has 1 aliphatic carbocycles. The predicted octanol–water partition coefficient (Wildman–Crippen LogP) is 2.93. The summed E-state index contributed by atoms with van der Waals surface area (Å²) in [6.45, 7) is 3.01. The zero-order valence-electron chi connectivity index (χ0n) is 11.6. The molecular weight excluding hydrogens is 238 g/mol. The summed E-state index contributed by atoms with van der Waals surface area (Å²) >= 11 is 0. The average Bonchev–Trinajstić information content (AvgIpc) is 2.39. The van der Waals surface area contributed by atoms with Crippen LogP contribution in [0.4, 0.5) is 0 Å². The molecule has 1 aliphatic heterocycles. The van der Waals surface area contributed by atoms with Gasteiger partial charge in [-0.25, -0.2) is 0 Å². The van der Waals surface area contributed by atoms with Gasteiger partial charge in [0, 0.05) is 18.7 Å². The molecule has 3 nitrogen and oxygen atoms in total. The third-order valence-corrected chi connectivity index (χ3v) is 4.37. The van der Waals surface area contributed by atoms with Crippen LogP contribution in [0.3, 0.4) is 0 Å². The lowest BCUT2D eigenvalue weighted by atomic mass is 9.86. The smallest absolute Gasteiger partial charge is 0.115 e. The van der Waals surface area contributed by atoms with E-state index >= 15 is 0 Å².